The van der Waals surface area contributed by atoms with E-state index in [4.69, 9.17) is 4.74 Å². The predicted octanol–water partition coefficient (Wildman–Crippen LogP) is 3.53. The molecule has 2 fully saturated rings. The van der Waals surface area contributed by atoms with Crippen LogP contribution in [0.4, 0.5) is 5.69 Å². The summed E-state index contributed by atoms with van der Waals surface area (Å²) in [5, 5.41) is 3.01. The van der Waals surface area contributed by atoms with Gasteiger partial charge in [-0.2, -0.15) is 0 Å². The van der Waals surface area contributed by atoms with Crippen LogP contribution in [0.3, 0.4) is 0 Å². The van der Waals surface area contributed by atoms with Crippen LogP contribution >= 0.6 is 11.8 Å². The molecule has 1 aromatic rings. The molecule has 1 saturated carbocycles. The topological polar surface area (TPSA) is 75.7 Å². The van der Waals surface area contributed by atoms with E-state index in [-0.39, 0.29) is 30.8 Å². The minimum atomic E-state index is -0.852. The summed E-state index contributed by atoms with van der Waals surface area (Å²) in [5.41, 5.74) is 0.788. The summed E-state index contributed by atoms with van der Waals surface area (Å²) in [6.45, 7) is 1.88. The Balaban J connectivity index is 1.53. The summed E-state index contributed by atoms with van der Waals surface area (Å²) in [5.74, 6) is -1.38. The molecule has 3 rings (SSSR count). The molecular formula is C22H30N2O4S. The molecule has 0 radical (unpaired) electrons. The van der Waals surface area contributed by atoms with Gasteiger partial charge in [0.25, 0.3) is 5.91 Å². The van der Waals surface area contributed by atoms with Crippen molar-refractivity contribution in [3.05, 3.63) is 24.3 Å². The highest BCUT2D eigenvalue weighted by atomic mass is 32.2. The minimum absolute atomic E-state index is 0.0965. The summed E-state index contributed by atoms with van der Waals surface area (Å²) < 4.78 is 5.41. The lowest BCUT2D eigenvalue weighted by Crippen LogP contribution is -2.42. The molecule has 0 bridgehead atoms. The quantitative estimate of drug-likeness (QED) is 0.434. The van der Waals surface area contributed by atoms with Crippen molar-refractivity contribution in [2.45, 2.75) is 68.9 Å². The zero-order chi connectivity index (χ0) is 20.8. The summed E-state index contributed by atoms with van der Waals surface area (Å²) in [6, 6.07) is 7.86. The number of hydrogen-bond acceptors (Lipinski definition) is 5. The first-order chi connectivity index (χ1) is 14.0. The molecule has 0 aromatic heterocycles. The first-order valence-corrected chi connectivity index (χ1v) is 11.7. The van der Waals surface area contributed by atoms with E-state index in [1.165, 1.54) is 12.8 Å². The Labute approximate surface area is 176 Å². The zero-order valence-corrected chi connectivity index (χ0v) is 18.0. The zero-order valence-electron chi connectivity index (χ0n) is 17.2. The molecule has 1 aliphatic heterocycles. The van der Waals surface area contributed by atoms with Gasteiger partial charge >= 0.3 is 5.97 Å². The standard InChI is InChI=1S/C22H30N2O4S/c1-15(21(26)23-17-8-5-3-4-6-9-17)28-22(27)16-12-20(25)24(14-16)18-10-7-11-19(13-18)29-2/h7,10-11,13,15-17H,3-6,8-9,12,14H2,1-2H3,(H,23,26)/t15-,16+/m0/s1. The number of rotatable bonds is 6. The van der Waals surface area contributed by atoms with E-state index in [9.17, 15) is 14.4 Å². The Bertz CT molecular complexity index is 746. The average molecular weight is 419 g/mol. The Morgan fingerprint density at radius 1 is 1.21 bits per heavy atom. The molecule has 158 valence electrons. The summed E-state index contributed by atoms with van der Waals surface area (Å²) in [4.78, 5) is 40.1. The molecule has 29 heavy (non-hydrogen) atoms. The molecule has 2 amide bonds. The van der Waals surface area contributed by atoms with E-state index in [1.807, 2.05) is 30.5 Å². The van der Waals surface area contributed by atoms with Gasteiger partial charge in [-0.1, -0.05) is 31.7 Å². The number of carbonyl (C=O) groups is 3. The van der Waals surface area contributed by atoms with Crippen LogP contribution in [0.5, 0.6) is 0 Å². The Morgan fingerprint density at radius 2 is 1.93 bits per heavy atom. The number of hydrogen-bond donors (Lipinski definition) is 1. The van der Waals surface area contributed by atoms with Crippen LogP contribution in [0.2, 0.25) is 0 Å². The van der Waals surface area contributed by atoms with Gasteiger partial charge in [0.05, 0.1) is 5.92 Å². The first kappa shape index (κ1) is 21.7. The lowest BCUT2D eigenvalue weighted by atomic mass is 10.1. The lowest BCUT2D eigenvalue weighted by Gasteiger charge is -2.21. The maximum absolute atomic E-state index is 12.6. The average Bonchev–Trinajstić information content (AvgIpc) is 2.93. The van der Waals surface area contributed by atoms with Crippen LogP contribution in [0.25, 0.3) is 0 Å². The number of nitrogens with zero attached hydrogens (tertiary/aromatic N) is 1. The number of ether oxygens (including phenoxy) is 1. The van der Waals surface area contributed by atoms with E-state index in [1.54, 1.807) is 23.6 Å². The number of esters is 1. The van der Waals surface area contributed by atoms with Gasteiger partial charge in [-0.15, -0.1) is 11.8 Å². The molecule has 1 saturated heterocycles. The van der Waals surface area contributed by atoms with Gasteiger partial charge in [-0.25, -0.2) is 0 Å². The largest absolute Gasteiger partial charge is 0.452 e. The molecule has 2 aliphatic rings. The highest BCUT2D eigenvalue weighted by Crippen LogP contribution is 2.29. The van der Waals surface area contributed by atoms with Crippen molar-refractivity contribution in [3.63, 3.8) is 0 Å². The summed E-state index contributed by atoms with van der Waals surface area (Å²) in [6.07, 6.45) is 7.86. The van der Waals surface area contributed by atoms with Crippen molar-refractivity contribution in [3.8, 4) is 0 Å². The molecule has 7 heteroatoms. The van der Waals surface area contributed by atoms with E-state index < -0.39 is 18.0 Å². The highest BCUT2D eigenvalue weighted by molar-refractivity contribution is 7.98. The second-order valence-electron chi connectivity index (χ2n) is 7.88. The van der Waals surface area contributed by atoms with Crippen molar-refractivity contribution in [1.29, 1.82) is 0 Å². The molecule has 0 spiro atoms. The van der Waals surface area contributed by atoms with Gasteiger partial charge in [0.15, 0.2) is 6.10 Å². The minimum Gasteiger partial charge on any atom is -0.452 e. The molecule has 1 N–H and O–H groups in total. The van der Waals surface area contributed by atoms with Crippen LogP contribution in [-0.2, 0) is 19.1 Å². The normalized spacial score (nSPS) is 21.5. The number of amides is 2. The third-order valence-corrected chi connectivity index (χ3v) is 6.41. The fourth-order valence-electron chi connectivity index (χ4n) is 3.96. The van der Waals surface area contributed by atoms with Crippen LogP contribution in [0.15, 0.2) is 29.2 Å². The van der Waals surface area contributed by atoms with Gasteiger partial charge in [0.2, 0.25) is 5.91 Å². The Kier molecular flexibility index (Phi) is 7.58. The highest BCUT2D eigenvalue weighted by Gasteiger charge is 2.37. The van der Waals surface area contributed by atoms with Crippen molar-refractivity contribution in [2.75, 3.05) is 17.7 Å². The maximum Gasteiger partial charge on any atom is 0.312 e. The SMILES string of the molecule is CSc1cccc(N2C[C@H](C(=O)O[C@@H](C)C(=O)NC3CCCCCC3)CC2=O)c1. The van der Waals surface area contributed by atoms with Crippen LogP contribution in [0.1, 0.15) is 51.9 Å². The van der Waals surface area contributed by atoms with Crippen molar-refractivity contribution < 1.29 is 19.1 Å². The fourth-order valence-corrected chi connectivity index (χ4v) is 4.41. The van der Waals surface area contributed by atoms with Crippen LogP contribution in [0, 0.1) is 5.92 Å². The smallest absolute Gasteiger partial charge is 0.312 e. The van der Waals surface area contributed by atoms with Gasteiger partial charge < -0.3 is 15.0 Å². The molecule has 1 aliphatic carbocycles. The number of thioether (sulfide) groups is 1. The number of nitrogens with one attached hydrogen (secondary N) is 1. The second kappa shape index (κ2) is 10.1. The number of benzene rings is 1. The molecule has 1 heterocycles. The van der Waals surface area contributed by atoms with Crippen molar-refractivity contribution in [2.24, 2.45) is 5.92 Å². The second-order valence-corrected chi connectivity index (χ2v) is 8.76. The third-order valence-electron chi connectivity index (χ3n) is 5.69. The summed E-state index contributed by atoms with van der Waals surface area (Å²) in [7, 11) is 0. The van der Waals surface area contributed by atoms with E-state index >= 15 is 0 Å². The van der Waals surface area contributed by atoms with E-state index in [2.05, 4.69) is 5.32 Å². The molecule has 6 nitrogen and oxygen atoms in total. The Hall–Kier alpha value is -2.02. The predicted molar refractivity (Wildman–Crippen MR) is 114 cm³/mol. The lowest BCUT2D eigenvalue weighted by molar-refractivity contribution is -0.158. The third kappa shape index (κ3) is 5.75. The van der Waals surface area contributed by atoms with Gasteiger partial charge in [0.1, 0.15) is 0 Å². The molecule has 0 unspecified atom stereocenters. The summed E-state index contributed by atoms with van der Waals surface area (Å²) >= 11 is 1.60. The monoisotopic (exact) mass is 418 g/mol. The maximum atomic E-state index is 12.6. The van der Waals surface area contributed by atoms with Crippen molar-refractivity contribution in [1.82, 2.24) is 5.32 Å². The van der Waals surface area contributed by atoms with E-state index in [0.29, 0.717) is 0 Å². The first-order valence-electron chi connectivity index (χ1n) is 10.4. The van der Waals surface area contributed by atoms with E-state index in [0.717, 1.165) is 36.3 Å². The molecule has 1 aromatic carbocycles. The van der Waals surface area contributed by atoms with Gasteiger partial charge in [0, 0.05) is 29.6 Å². The van der Waals surface area contributed by atoms with Crippen molar-refractivity contribution >= 4 is 35.2 Å². The van der Waals surface area contributed by atoms with Crippen LogP contribution in [-0.4, -0.2) is 42.7 Å². The molecule has 2 atom stereocenters. The van der Waals surface area contributed by atoms with Crippen LogP contribution < -0.4 is 10.2 Å². The number of carbonyl (C=O) groups excluding carboxylic acids is 3. The molecular weight excluding hydrogens is 388 g/mol. The fraction of sp³-hybridized carbons (Fsp3) is 0.591. The number of anilines is 1. The van der Waals surface area contributed by atoms with Gasteiger partial charge in [-0.05, 0) is 44.2 Å². The van der Waals surface area contributed by atoms with Gasteiger partial charge in [-0.3, -0.25) is 14.4 Å². The Morgan fingerprint density at radius 3 is 2.62 bits per heavy atom.